The molecule has 1 fully saturated rings. The Labute approximate surface area is 107 Å². The van der Waals surface area contributed by atoms with Gasteiger partial charge < -0.3 is 9.47 Å². The van der Waals surface area contributed by atoms with E-state index in [0.717, 1.165) is 13.0 Å². The molecular formula is C15H30O2. The lowest BCUT2D eigenvalue weighted by Gasteiger charge is -2.49. The summed E-state index contributed by atoms with van der Waals surface area (Å²) < 4.78 is 12.3. The summed E-state index contributed by atoms with van der Waals surface area (Å²) in [5.74, 6) is 0.180. The number of rotatable bonds is 5. The zero-order valence-electron chi connectivity index (χ0n) is 12.5. The fraction of sp³-hybridized carbons (Fsp3) is 1.00. The highest BCUT2D eigenvalue weighted by Gasteiger charge is 2.44. The van der Waals surface area contributed by atoms with Gasteiger partial charge in [0, 0.05) is 11.8 Å². The van der Waals surface area contributed by atoms with E-state index in [1.165, 1.54) is 19.3 Å². The number of hydrogen-bond acceptors (Lipinski definition) is 2. The van der Waals surface area contributed by atoms with Crippen molar-refractivity contribution in [2.75, 3.05) is 6.61 Å². The monoisotopic (exact) mass is 242 g/mol. The Morgan fingerprint density at radius 3 is 2.35 bits per heavy atom. The van der Waals surface area contributed by atoms with E-state index in [1.807, 2.05) is 0 Å². The smallest absolute Gasteiger partial charge is 0.165 e. The fourth-order valence-electron chi connectivity index (χ4n) is 2.75. The van der Waals surface area contributed by atoms with Gasteiger partial charge in [-0.05, 0) is 19.3 Å². The van der Waals surface area contributed by atoms with Crippen molar-refractivity contribution in [1.29, 1.82) is 0 Å². The third-order valence-electron chi connectivity index (χ3n) is 3.74. The molecule has 0 spiro atoms. The quantitative estimate of drug-likeness (QED) is 0.666. The lowest BCUT2D eigenvalue weighted by Crippen LogP contribution is -2.53. The Bertz CT molecular complexity index is 235. The molecule has 0 saturated carbocycles. The van der Waals surface area contributed by atoms with Gasteiger partial charge in [0.25, 0.3) is 0 Å². The Kier molecular flexibility index (Phi) is 5.03. The molecule has 1 rings (SSSR count). The summed E-state index contributed by atoms with van der Waals surface area (Å²) in [6.07, 6.45) is 5.01. The van der Waals surface area contributed by atoms with Gasteiger partial charge in [0.2, 0.25) is 0 Å². The molecule has 1 heterocycles. The summed E-state index contributed by atoms with van der Waals surface area (Å²) in [5, 5.41) is 0. The van der Waals surface area contributed by atoms with Crippen LogP contribution in [-0.2, 0) is 9.47 Å². The average Bonchev–Trinajstić information content (AvgIpc) is 2.23. The summed E-state index contributed by atoms with van der Waals surface area (Å²) in [5.41, 5.74) is 0.123. The van der Waals surface area contributed by atoms with Gasteiger partial charge in [-0.25, -0.2) is 0 Å². The van der Waals surface area contributed by atoms with Gasteiger partial charge in [0.1, 0.15) is 0 Å². The van der Waals surface area contributed by atoms with Crippen molar-refractivity contribution in [3.8, 4) is 0 Å². The zero-order valence-corrected chi connectivity index (χ0v) is 12.5. The van der Waals surface area contributed by atoms with Crippen LogP contribution in [0.1, 0.15) is 67.2 Å². The Hall–Kier alpha value is -0.0800. The van der Waals surface area contributed by atoms with Crippen LogP contribution in [0.4, 0.5) is 0 Å². The SMILES string of the molecule is CCCCCC1(C)OCC(C)(C)C(C(C)C)O1. The summed E-state index contributed by atoms with van der Waals surface area (Å²) in [4.78, 5) is 0. The summed E-state index contributed by atoms with van der Waals surface area (Å²) >= 11 is 0. The average molecular weight is 242 g/mol. The van der Waals surface area contributed by atoms with Crippen LogP contribution in [0.3, 0.4) is 0 Å². The second-order valence-electron chi connectivity index (χ2n) is 6.65. The second-order valence-corrected chi connectivity index (χ2v) is 6.65. The highest BCUT2D eigenvalue weighted by molar-refractivity contribution is 4.87. The number of ether oxygens (including phenoxy) is 2. The summed E-state index contributed by atoms with van der Waals surface area (Å²) in [7, 11) is 0. The van der Waals surface area contributed by atoms with E-state index in [-0.39, 0.29) is 11.2 Å². The molecule has 1 aliphatic rings. The lowest BCUT2D eigenvalue weighted by molar-refractivity contribution is -0.331. The maximum atomic E-state index is 6.27. The molecule has 102 valence electrons. The van der Waals surface area contributed by atoms with Gasteiger partial charge in [-0.15, -0.1) is 0 Å². The van der Waals surface area contributed by atoms with Crippen LogP contribution in [0, 0.1) is 11.3 Å². The first kappa shape index (κ1) is 15.0. The number of unbranched alkanes of at least 4 members (excludes halogenated alkanes) is 2. The van der Waals surface area contributed by atoms with Gasteiger partial charge in [0.15, 0.2) is 5.79 Å². The lowest BCUT2D eigenvalue weighted by atomic mass is 9.80. The van der Waals surface area contributed by atoms with E-state index in [0.29, 0.717) is 12.0 Å². The maximum absolute atomic E-state index is 6.27. The molecule has 0 bridgehead atoms. The van der Waals surface area contributed by atoms with Gasteiger partial charge in [-0.3, -0.25) is 0 Å². The standard InChI is InChI=1S/C15H30O2/c1-7-8-9-10-15(6)16-11-14(4,5)13(17-15)12(2)3/h12-13H,7-11H2,1-6H3. The molecule has 0 aliphatic carbocycles. The molecule has 0 amide bonds. The highest BCUT2D eigenvalue weighted by atomic mass is 16.7. The molecule has 0 radical (unpaired) electrons. The molecule has 0 aromatic carbocycles. The molecule has 2 atom stereocenters. The van der Waals surface area contributed by atoms with Crippen molar-refractivity contribution in [1.82, 2.24) is 0 Å². The van der Waals surface area contributed by atoms with Gasteiger partial charge in [0.05, 0.1) is 12.7 Å². The number of hydrogen-bond donors (Lipinski definition) is 0. The van der Waals surface area contributed by atoms with Crippen molar-refractivity contribution in [3.63, 3.8) is 0 Å². The topological polar surface area (TPSA) is 18.5 Å². The second kappa shape index (κ2) is 5.71. The maximum Gasteiger partial charge on any atom is 0.165 e. The van der Waals surface area contributed by atoms with Crippen molar-refractivity contribution >= 4 is 0 Å². The molecule has 2 unspecified atom stereocenters. The van der Waals surface area contributed by atoms with Crippen LogP contribution in [0.5, 0.6) is 0 Å². The molecule has 17 heavy (non-hydrogen) atoms. The molecule has 1 aliphatic heterocycles. The van der Waals surface area contributed by atoms with E-state index in [1.54, 1.807) is 0 Å². The molecule has 0 aromatic heterocycles. The summed E-state index contributed by atoms with van der Waals surface area (Å²) in [6.45, 7) is 14.1. The summed E-state index contributed by atoms with van der Waals surface area (Å²) in [6, 6.07) is 0. The minimum Gasteiger partial charge on any atom is -0.350 e. The minimum atomic E-state index is -0.361. The van der Waals surface area contributed by atoms with Gasteiger partial charge >= 0.3 is 0 Å². The first-order valence-corrected chi connectivity index (χ1v) is 7.12. The van der Waals surface area contributed by atoms with E-state index >= 15 is 0 Å². The van der Waals surface area contributed by atoms with E-state index in [2.05, 4.69) is 41.5 Å². The molecule has 1 saturated heterocycles. The van der Waals surface area contributed by atoms with Gasteiger partial charge in [-0.1, -0.05) is 47.5 Å². The predicted molar refractivity (Wildman–Crippen MR) is 72.0 cm³/mol. The Morgan fingerprint density at radius 1 is 1.18 bits per heavy atom. The normalized spacial score (nSPS) is 33.0. The van der Waals surface area contributed by atoms with E-state index in [4.69, 9.17) is 9.47 Å². The predicted octanol–water partition coefficient (Wildman–Crippen LogP) is 4.38. The Balaban J connectivity index is 2.60. The van der Waals surface area contributed by atoms with E-state index < -0.39 is 0 Å². The molecular weight excluding hydrogens is 212 g/mol. The first-order chi connectivity index (χ1) is 7.81. The van der Waals surface area contributed by atoms with Crippen LogP contribution < -0.4 is 0 Å². The van der Waals surface area contributed by atoms with Gasteiger partial charge in [-0.2, -0.15) is 0 Å². The molecule has 2 nitrogen and oxygen atoms in total. The third-order valence-corrected chi connectivity index (χ3v) is 3.74. The van der Waals surface area contributed by atoms with Crippen molar-refractivity contribution < 1.29 is 9.47 Å². The van der Waals surface area contributed by atoms with Crippen LogP contribution >= 0.6 is 0 Å². The highest BCUT2D eigenvalue weighted by Crippen LogP contribution is 2.40. The molecule has 2 heteroatoms. The Morgan fingerprint density at radius 2 is 1.82 bits per heavy atom. The third kappa shape index (κ3) is 3.96. The molecule has 0 N–H and O–H groups in total. The van der Waals surface area contributed by atoms with E-state index in [9.17, 15) is 0 Å². The van der Waals surface area contributed by atoms with Crippen LogP contribution in [-0.4, -0.2) is 18.5 Å². The first-order valence-electron chi connectivity index (χ1n) is 7.12. The zero-order chi connectivity index (χ0) is 13.1. The fourth-order valence-corrected chi connectivity index (χ4v) is 2.75. The molecule has 0 aromatic rings. The van der Waals surface area contributed by atoms with Crippen LogP contribution in [0.25, 0.3) is 0 Å². The van der Waals surface area contributed by atoms with Crippen LogP contribution in [0.2, 0.25) is 0 Å². The largest absolute Gasteiger partial charge is 0.350 e. The van der Waals surface area contributed by atoms with Crippen molar-refractivity contribution in [2.24, 2.45) is 11.3 Å². The van der Waals surface area contributed by atoms with Crippen molar-refractivity contribution in [2.45, 2.75) is 79.1 Å². The van der Waals surface area contributed by atoms with Crippen molar-refractivity contribution in [3.05, 3.63) is 0 Å². The van der Waals surface area contributed by atoms with Crippen LogP contribution in [0.15, 0.2) is 0 Å². The minimum absolute atomic E-state index is 0.123.